The zero-order valence-corrected chi connectivity index (χ0v) is 11.4. The van der Waals surface area contributed by atoms with Crippen molar-refractivity contribution in [3.05, 3.63) is 60.2 Å². The number of hydrogen-bond acceptors (Lipinski definition) is 3. The Morgan fingerprint density at radius 3 is 2.30 bits per heavy atom. The number of rotatable bonds is 3. The molecule has 0 radical (unpaired) electrons. The van der Waals surface area contributed by atoms with E-state index in [0.29, 0.717) is 0 Å². The largest absolute Gasteiger partial charge is 0.378 e. The SMILES string of the molecule is C(=Nc1ccccc1)c1ccc(N2CCOCC2)cc1. The first-order valence-electron chi connectivity index (χ1n) is 6.94. The van der Waals surface area contributed by atoms with Crippen LogP contribution in [0.15, 0.2) is 59.6 Å². The Morgan fingerprint density at radius 2 is 1.60 bits per heavy atom. The van der Waals surface area contributed by atoms with Crippen LogP contribution in [0.2, 0.25) is 0 Å². The molecule has 102 valence electrons. The van der Waals surface area contributed by atoms with Crippen LogP contribution in [0, 0.1) is 0 Å². The highest BCUT2D eigenvalue weighted by Gasteiger charge is 2.10. The molecule has 0 saturated carbocycles. The molecule has 0 aromatic heterocycles. The summed E-state index contributed by atoms with van der Waals surface area (Å²) in [6.45, 7) is 3.57. The van der Waals surface area contributed by atoms with E-state index in [2.05, 4.69) is 34.2 Å². The number of anilines is 1. The Kier molecular flexibility index (Phi) is 4.09. The van der Waals surface area contributed by atoms with Crippen LogP contribution in [0.1, 0.15) is 5.56 Å². The van der Waals surface area contributed by atoms with Gasteiger partial charge in [0.15, 0.2) is 0 Å². The minimum Gasteiger partial charge on any atom is -0.378 e. The average Bonchev–Trinajstić information content (AvgIpc) is 2.55. The Balaban J connectivity index is 1.68. The van der Waals surface area contributed by atoms with Crippen LogP contribution in [0.25, 0.3) is 0 Å². The number of morpholine rings is 1. The number of para-hydroxylation sites is 1. The molecular formula is C17H18N2O. The lowest BCUT2D eigenvalue weighted by Crippen LogP contribution is -2.36. The van der Waals surface area contributed by atoms with Crippen molar-refractivity contribution >= 4 is 17.6 Å². The van der Waals surface area contributed by atoms with Crippen molar-refractivity contribution in [3.8, 4) is 0 Å². The van der Waals surface area contributed by atoms with E-state index in [-0.39, 0.29) is 0 Å². The van der Waals surface area contributed by atoms with E-state index in [0.717, 1.165) is 37.6 Å². The third kappa shape index (κ3) is 3.25. The second kappa shape index (κ2) is 6.35. The van der Waals surface area contributed by atoms with Crippen LogP contribution >= 0.6 is 0 Å². The topological polar surface area (TPSA) is 24.8 Å². The zero-order valence-electron chi connectivity index (χ0n) is 11.4. The lowest BCUT2D eigenvalue weighted by molar-refractivity contribution is 0.122. The summed E-state index contributed by atoms with van der Waals surface area (Å²) in [5, 5.41) is 0. The Labute approximate surface area is 119 Å². The van der Waals surface area contributed by atoms with Crippen LogP contribution in [0.4, 0.5) is 11.4 Å². The lowest BCUT2D eigenvalue weighted by Gasteiger charge is -2.28. The number of hydrogen-bond donors (Lipinski definition) is 0. The van der Waals surface area contributed by atoms with Gasteiger partial charge in [0.05, 0.1) is 18.9 Å². The Hall–Kier alpha value is -2.13. The average molecular weight is 266 g/mol. The summed E-state index contributed by atoms with van der Waals surface area (Å²) >= 11 is 0. The molecule has 0 amide bonds. The summed E-state index contributed by atoms with van der Waals surface area (Å²) in [7, 11) is 0. The molecule has 0 N–H and O–H groups in total. The van der Waals surface area contributed by atoms with E-state index >= 15 is 0 Å². The summed E-state index contributed by atoms with van der Waals surface area (Å²) in [5.74, 6) is 0. The van der Waals surface area contributed by atoms with E-state index < -0.39 is 0 Å². The highest BCUT2D eigenvalue weighted by molar-refractivity contribution is 5.82. The fourth-order valence-corrected chi connectivity index (χ4v) is 2.26. The second-order valence-electron chi connectivity index (χ2n) is 4.78. The maximum Gasteiger partial charge on any atom is 0.0642 e. The zero-order chi connectivity index (χ0) is 13.6. The normalized spacial score (nSPS) is 15.7. The van der Waals surface area contributed by atoms with E-state index in [1.54, 1.807) is 0 Å². The van der Waals surface area contributed by atoms with Gasteiger partial charge in [-0.15, -0.1) is 0 Å². The molecule has 0 aliphatic carbocycles. The first kappa shape index (κ1) is 12.9. The molecule has 3 nitrogen and oxygen atoms in total. The van der Waals surface area contributed by atoms with Gasteiger partial charge in [0.1, 0.15) is 0 Å². The van der Waals surface area contributed by atoms with Gasteiger partial charge in [0.25, 0.3) is 0 Å². The summed E-state index contributed by atoms with van der Waals surface area (Å²) in [4.78, 5) is 6.81. The van der Waals surface area contributed by atoms with Gasteiger partial charge in [-0.2, -0.15) is 0 Å². The summed E-state index contributed by atoms with van der Waals surface area (Å²) in [6.07, 6.45) is 1.90. The van der Waals surface area contributed by atoms with Crippen molar-refractivity contribution in [1.29, 1.82) is 0 Å². The molecule has 0 spiro atoms. The molecule has 1 fully saturated rings. The van der Waals surface area contributed by atoms with Crippen LogP contribution in [0.5, 0.6) is 0 Å². The van der Waals surface area contributed by atoms with Crippen LogP contribution in [0.3, 0.4) is 0 Å². The van der Waals surface area contributed by atoms with Crippen LogP contribution < -0.4 is 4.90 Å². The predicted molar refractivity (Wildman–Crippen MR) is 83.2 cm³/mol. The van der Waals surface area contributed by atoms with Crippen molar-refractivity contribution in [2.45, 2.75) is 0 Å². The van der Waals surface area contributed by atoms with Gasteiger partial charge >= 0.3 is 0 Å². The van der Waals surface area contributed by atoms with Gasteiger partial charge in [-0.25, -0.2) is 0 Å². The Morgan fingerprint density at radius 1 is 0.900 bits per heavy atom. The van der Waals surface area contributed by atoms with Gasteiger partial charge in [-0.3, -0.25) is 4.99 Å². The van der Waals surface area contributed by atoms with E-state index in [9.17, 15) is 0 Å². The highest BCUT2D eigenvalue weighted by Crippen LogP contribution is 2.16. The predicted octanol–water partition coefficient (Wildman–Crippen LogP) is 3.27. The Bertz CT molecular complexity index is 557. The fourth-order valence-electron chi connectivity index (χ4n) is 2.26. The number of aliphatic imine (C=N–C) groups is 1. The van der Waals surface area contributed by atoms with Gasteiger partial charge in [-0.1, -0.05) is 30.3 Å². The fraction of sp³-hybridized carbons (Fsp3) is 0.235. The quantitative estimate of drug-likeness (QED) is 0.796. The maximum absolute atomic E-state index is 5.37. The second-order valence-corrected chi connectivity index (χ2v) is 4.78. The summed E-state index contributed by atoms with van der Waals surface area (Å²) < 4.78 is 5.37. The van der Waals surface area contributed by atoms with Crippen molar-refractivity contribution in [2.24, 2.45) is 4.99 Å². The molecule has 20 heavy (non-hydrogen) atoms. The first-order valence-corrected chi connectivity index (χ1v) is 6.94. The van der Waals surface area contributed by atoms with E-state index in [1.165, 1.54) is 5.69 Å². The molecule has 1 aliphatic rings. The molecular weight excluding hydrogens is 248 g/mol. The van der Waals surface area contributed by atoms with Crippen LogP contribution in [-0.2, 0) is 4.74 Å². The molecule has 1 aliphatic heterocycles. The van der Waals surface area contributed by atoms with Gasteiger partial charge < -0.3 is 9.64 Å². The van der Waals surface area contributed by atoms with Crippen LogP contribution in [-0.4, -0.2) is 32.5 Å². The molecule has 0 unspecified atom stereocenters. The van der Waals surface area contributed by atoms with E-state index in [4.69, 9.17) is 4.74 Å². The standard InChI is InChI=1S/C17H18N2O/c1-2-4-16(5-3-1)18-14-15-6-8-17(9-7-15)19-10-12-20-13-11-19/h1-9,14H,10-13H2. The minimum absolute atomic E-state index is 0.817. The van der Waals surface area contributed by atoms with Crippen molar-refractivity contribution < 1.29 is 4.74 Å². The molecule has 2 aromatic rings. The highest BCUT2D eigenvalue weighted by atomic mass is 16.5. The minimum atomic E-state index is 0.817. The molecule has 3 heteroatoms. The number of benzene rings is 2. The number of ether oxygens (including phenoxy) is 1. The third-order valence-corrected chi connectivity index (χ3v) is 3.39. The van der Waals surface area contributed by atoms with E-state index in [1.807, 2.05) is 36.5 Å². The molecule has 0 bridgehead atoms. The molecule has 0 atom stereocenters. The molecule has 2 aromatic carbocycles. The van der Waals surface area contributed by atoms with Crippen molar-refractivity contribution in [1.82, 2.24) is 0 Å². The van der Waals surface area contributed by atoms with Crippen molar-refractivity contribution in [3.63, 3.8) is 0 Å². The van der Waals surface area contributed by atoms with Gasteiger partial charge in [-0.05, 0) is 29.8 Å². The summed E-state index contributed by atoms with van der Waals surface area (Å²) in [5.41, 5.74) is 3.35. The smallest absolute Gasteiger partial charge is 0.0642 e. The first-order chi connectivity index (χ1) is 9.92. The third-order valence-electron chi connectivity index (χ3n) is 3.39. The number of nitrogens with zero attached hydrogens (tertiary/aromatic N) is 2. The maximum atomic E-state index is 5.37. The lowest BCUT2D eigenvalue weighted by atomic mass is 10.2. The monoisotopic (exact) mass is 266 g/mol. The molecule has 3 rings (SSSR count). The van der Waals surface area contributed by atoms with Gasteiger partial charge in [0, 0.05) is 25.0 Å². The van der Waals surface area contributed by atoms with Crippen molar-refractivity contribution in [2.75, 3.05) is 31.2 Å². The molecule has 1 saturated heterocycles. The molecule has 1 heterocycles. The summed E-state index contributed by atoms with van der Waals surface area (Å²) in [6, 6.07) is 18.5. The van der Waals surface area contributed by atoms with Gasteiger partial charge in [0.2, 0.25) is 0 Å².